The van der Waals surface area contributed by atoms with E-state index in [2.05, 4.69) is 165 Å². The molecule has 2 fully saturated rings. The molecule has 0 amide bonds. The molecule has 0 aromatic rings. The summed E-state index contributed by atoms with van der Waals surface area (Å²) >= 11 is 2.11. The minimum absolute atomic E-state index is 0.0186. The van der Waals surface area contributed by atoms with Gasteiger partial charge >= 0.3 is 0 Å². The Kier molecular flexibility index (Phi) is 13.4. The number of hydrogen-bond donors (Lipinski definition) is 0. The molecule has 52 heavy (non-hydrogen) atoms. The van der Waals surface area contributed by atoms with Crippen LogP contribution < -0.4 is 0 Å². The van der Waals surface area contributed by atoms with Crippen LogP contribution >= 0.6 is 11.8 Å². The molecule has 4 aliphatic rings. The van der Waals surface area contributed by atoms with Crippen molar-refractivity contribution in [2.45, 2.75) is 206 Å². The molecule has 7 atom stereocenters. The summed E-state index contributed by atoms with van der Waals surface area (Å²) < 4.78 is 21.7. The molecule has 0 aromatic heterocycles. The zero-order valence-corrected chi connectivity index (χ0v) is 41.1. The highest BCUT2D eigenvalue weighted by atomic mass is 32.2. The predicted molar refractivity (Wildman–Crippen MR) is 238 cm³/mol. The van der Waals surface area contributed by atoms with Crippen molar-refractivity contribution in [3.8, 4) is 0 Å². The molecular formula is C45H82O3SSi3. The van der Waals surface area contributed by atoms with Gasteiger partial charge < -0.3 is 13.3 Å². The zero-order valence-electron chi connectivity index (χ0n) is 37.3. The van der Waals surface area contributed by atoms with Crippen LogP contribution in [0.3, 0.4) is 0 Å². The Hall–Kier alpha value is -0.159. The fraction of sp³-hybridized carbons (Fsp3) is 0.822. The minimum Gasteiger partial charge on any atom is -0.414 e. The summed E-state index contributed by atoms with van der Waals surface area (Å²) in [6.07, 6.45) is 18.7. The summed E-state index contributed by atoms with van der Waals surface area (Å²) in [6, 6.07) is 3.59. The first-order valence-corrected chi connectivity index (χ1v) is 30.6. The predicted octanol–water partition coefficient (Wildman–Crippen LogP) is 14.3. The average Bonchev–Trinajstić information content (AvgIpc) is 3.38. The summed E-state index contributed by atoms with van der Waals surface area (Å²) in [6.45, 7) is 43.3. The summed E-state index contributed by atoms with van der Waals surface area (Å²) in [4.78, 5) is 0. The molecule has 0 aromatic carbocycles. The lowest BCUT2D eigenvalue weighted by Gasteiger charge is -2.59. The average molecular weight is 787 g/mol. The molecule has 0 N–H and O–H groups in total. The highest BCUT2D eigenvalue weighted by Crippen LogP contribution is 2.65. The van der Waals surface area contributed by atoms with E-state index in [0.29, 0.717) is 17.1 Å². The Morgan fingerprint density at radius 2 is 1.44 bits per heavy atom. The van der Waals surface area contributed by atoms with Gasteiger partial charge in [-0.2, -0.15) is 11.8 Å². The Morgan fingerprint density at radius 3 is 2.00 bits per heavy atom. The quantitative estimate of drug-likeness (QED) is 0.129. The highest BCUT2D eigenvalue weighted by molar-refractivity contribution is 8.00. The van der Waals surface area contributed by atoms with E-state index in [1.807, 2.05) is 0 Å². The van der Waals surface area contributed by atoms with E-state index in [9.17, 15) is 0 Å². The van der Waals surface area contributed by atoms with Crippen molar-refractivity contribution in [3.63, 3.8) is 0 Å². The first-order valence-electron chi connectivity index (χ1n) is 21.2. The van der Waals surface area contributed by atoms with Gasteiger partial charge in [0.15, 0.2) is 25.0 Å². The van der Waals surface area contributed by atoms with Gasteiger partial charge in [-0.1, -0.05) is 123 Å². The van der Waals surface area contributed by atoms with Crippen molar-refractivity contribution in [2.75, 3.05) is 5.75 Å². The van der Waals surface area contributed by atoms with Gasteiger partial charge in [-0.3, -0.25) is 0 Å². The van der Waals surface area contributed by atoms with Crippen molar-refractivity contribution < 1.29 is 13.3 Å². The molecule has 0 radical (unpaired) electrons. The van der Waals surface area contributed by atoms with Crippen molar-refractivity contribution in [3.05, 3.63) is 47.1 Å². The number of fused-ring (bicyclic) bond motifs is 5. The maximum atomic E-state index is 7.59. The Balaban J connectivity index is 1.55. The number of allylic oxidation sites excluding steroid dienone is 4. The fourth-order valence-electron chi connectivity index (χ4n) is 9.82. The van der Waals surface area contributed by atoms with Gasteiger partial charge in [0.2, 0.25) is 0 Å². The Bertz CT molecular complexity index is 1380. The van der Waals surface area contributed by atoms with Crippen LogP contribution in [0.1, 0.15) is 129 Å². The van der Waals surface area contributed by atoms with Gasteiger partial charge in [0.1, 0.15) is 0 Å². The topological polar surface area (TPSA) is 27.7 Å². The zero-order chi connectivity index (χ0) is 39.3. The number of thioether (sulfide) groups is 1. The highest BCUT2D eigenvalue weighted by Gasteiger charge is 2.59. The van der Waals surface area contributed by atoms with Crippen LogP contribution in [0, 0.1) is 22.7 Å². The molecule has 0 unspecified atom stereocenters. The molecular weight excluding hydrogens is 705 g/mol. The third-order valence-corrected chi connectivity index (χ3v) is 30.6. The summed E-state index contributed by atoms with van der Waals surface area (Å²) in [5.41, 5.74) is 5.05. The monoisotopic (exact) mass is 787 g/mol. The summed E-state index contributed by atoms with van der Waals surface area (Å²) in [5, 5.41) is 0.878. The van der Waals surface area contributed by atoms with E-state index in [1.54, 1.807) is 16.7 Å². The lowest BCUT2D eigenvalue weighted by molar-refractivity contribution is -0.0386. The van der Waals surface area contributed by atoms with Crippen molar-refractivity contribution in [1.29, 1.82) is 0 Å². The van der Waals surface area contributed by atoms with Gasteiger partial charge in [-0.25, -0.2) is 0 Å². The second kappa shape index (κ2) is 15.6. The third-order valence-electron chi connectivity index (χ3n) is 15.6. The van der Waals surface area contributed by atoms with Gasteiger partial charge in [0.05, 0.1) is 17.8 Å². The molecule has 0 spiro atoms. The molecule has 7 heteroatoms. The van der Waals surface area contributed by atoms with Crippen LogP contribution in [0.15, 0.2) is 47.1 Å². The first kappa shape index (κ1) is 44.6. The first-order chi connectivity index (χ1) is 23.7. The van der Waals surface area contributed by atoms with Gasteiger partial charge in [-0.15, -0.1) is 0 Å². The molecule has 4 aliphatic carbocycles. The molecule has 2 saturated carbocycles. The van der Waals surface area contributed by atoms with E-state index in [1.165, 1.54) is 37.4 Å². The minimum atomic E-state index is -2.03. The lowest BCUT2D eigenvalue weighted by atomic mass is 9.49. The van der Waals surface area contributed by atoms with Gasteiger partial charge in [-0.05, 0) is 125 Å². The largest absolute Gasteiger partial charge is 0.414 e. The van der Waals surface area contributed by atoms with Gasteiger partial charge in [0, 0.05) is 16.4 Å². The second-order valence-corrected chi connectivity index (χ2v) is 36.8. The third kappa shape index (κ3) is 8.71. The van der Waals surface area contributed by atoms with Crippen molar-refractivity contribution >= 4 is 36.7 Å². The molecule has 0 aliphatic heterocycles. The number of hydrogen-bond acceptors (Lipinski definition) is 4. The second-order valence-electron chi connectivity index (χ2n) is 21.2. The standard InChI is InChI=1S/C45H82O3SSi3/c1-19-52(20-2,21-3)48-43(11,12)28-22-30-49-33(4)37-25-26-38-36-24-23-34-31-35(46-50(15,16)41(5,6)7)32-40(47-51(17,18)42(8,9)10)45(34,14)39(36)27-29-44(37,38)13/h22-25,28,33,35,38-40H,19-21,26-27,29-32H2,1-18H3/t33-,35+,38-,39-,40-,44+,45-/m0/s1. The van der Waals surface area contributed by atoms with E-state index in [0.717, 1.165) is 18.6 Å². The fourth-order valence-corrected chi connectivity index (χ4v) is 16.8. The van der Waals surface area contributed by atoms with Crippen LogP contribution in [0.4, 0.5) is 0 Å². The Labute approximate surface area is 330 Å². The van der Waals surface area contributed by atoms with E-state index >= 15 is 0 Å². The molecule has 0 saturated heterocycles. The summed E-state index contributed by atoms with van der Waals surface area (Å²) in [5.74, 6) is 2.16. The molecule has 0 bridgehead atoms. The lowest BCUT2D eigenvalue weighted by Crippen LogP contribution is -2.58. The smallest absolute Gasteiger partial charge is 0.193 e. The van der Waals surface area contributed by atoms with E-state index in [-0.39, 0.29) is 38.7 Å². The maximum absolute atomic E-state index is 7.59. The molecule has 3 nitrogen and oxygen atoms in total. The maximum Gasteiger partial charge on any atom is 0.193 e. The van der Waals surface area contributed by atoms with E-state index in [4.69, 9.17) is 13.3 Å². The van der Waals surface area contributed by atoms with Crippen LogP contribution in [-0.2, 0) is 13.3 Å². The van der Waals surface area contributed by atoms with E-state index < -0.39 is 25.0 Å². The molecule has 298 valence electrons. The van der Waals surface area contributed by atoms with Gasteiger partial charge in [0.25, 0.3) is 0 Å². The SMILES string of the molecule is CC[Si](CC)(CC)OC(C)(C)C=CCS[C@@H](C)C1=CC[C@H]2C3=CC=C4C[C@@H](O[Si](C)(C)C(C)(C)C)C[C@H](O[Si](C)(C)C(C)(C)C)[C@]4(C)[C@H]3CC[C@]12C. The summed E-state index contributed by atoms with van der Waals surface area (Å²) in [7, 11) is -5.59. The van der Waals surface area contributed by atoms with Crippen molar-refractivity contribution in [1.82, 2.24) is 0 Å². The normalized spacial score (nSPS) is 31.1. The Morgan fingerprint density at radius 1 is 0.865 bits per heavy atom. The van der Waals surface area contributed by atoms with Crippen LogP contribution in [-0.4, -0.2) is 53.8 Å². The number of rotatable bonds is 14. The van der Waals surface area contributed by atoms with Crippen LogP contribution in [0.2, 0.25) is 54.4 Å². The van der Waals surface area contributed by atoms with Crippen LogP contribution in [0.25, 0.3) is 0 Å². The van der Waals surface area contributed by atoms with Crippen molar-refractivity contribution in [2.24, 2.45) is 22.7 Å². The molecule has 4 rings (SSSR count). The van der Waals surface area contributed by atoms with Crippen LogP contribution in [0.5, 0.6) is 0 Å². The molecule has 0 heterocycles.